The van der Waals surface area contributed by atoms with Gasteiger partial charge in [-0.15, -0.1) is 0 Å². The lowest BCUT2D eigenvalue weighted by Gasteiger charge is -2.27. The molecule has 1 aliphatic rings. The first-order chi connectivity index (χ1) is 8.16. The van der Waals surface area contributed by atoms with E-state index in [4.69, 9.17) is 4.74 Å². The molecule has 0 amide bonds. The number of nitrogens with zero attached hydrogens (tertiary/aromatic N) is 1. The fourth-order valence-corrected chi connectivity index (χ4v) is 2.15. The van der Waals surface area contributed by atoms with Gasteiger partial charge in [0.2, 0.25) is 0 Å². The molecule has 1 heterocycles. The first-order valence-electron chi connectivity index (χ1n) is 6.30. The first-order valence-corrected chi connectivity index (χ1v) is 6.30. The maximum absolute atomic E-state index is 5.94. The monoisotopic (exact) mass is 234 g/mol. The third kappa shape index (κ3) is 3.20. The Balaban J connectivity index is 1.98. The SMILES string of the molecule is Cc1cc(C)c(C)c(OCN2CCNCC2)c1. The topological polar surface area (TPSA) is 24.5 Å². The summed E-state index contributed by atoms with van der Waals surface area (Å²) in [4.78, 5) is 2.34. The summed E-state index contributed by atoms with van der Waals surface area (Å²) in [5, 5.41) is 3.35. The first kappa shape index (κ1) is 12.4. The Kier molecular flexibility index (Phi) is 4.02. The van der Waals surface area contributed by atoms with E-state index < -0.39 is 0 Å². The van der Waals surface area contributed by atoms with Crippen molar-refractivity contribution in [1.82, 2.24) is 10.2 Å². The molecule has 0 atom stereocenters. The van der Waals surface area contributed by atoms with Gasteiger partial charge in [-0.1, -0.05) is 6.07 Å². The minimum Gasteiger partial charge on any atom is -0.478 e. The Labute approximate surface area is 104 Å². The Hall–Kier alpha value is -1.06. The van der Waals surface area contributed by atoms with E-state index in [0.717, 1.165) is 31.9 Å². The van der Waals surface area contributed by atoms with Gasteiger partial charge in [0, 0.05) is 26.2 Å². The predicted octanol–water partition coefficient (Wildman–Crippen LogP) is 1.85. The third-order valence-electron chi connectivity index (χ3n) is 3.38. The highest BCUT2D eigenvalue weighted by Gasteiger charge is 2.11. The van der Waals surface area contributed by atoms with E-state index in [1.165, 1.54) is 16.7 Å². The van der Waals surface area contributed by atoms with Crippen molar-refractivity contribution in [2.24, 2.45) is 0 Å². The summed E-state index contributed by atoms with van der Waals surface area (Å²) in [6.45, 7) is 11.4. The Morgan fingerprint density at radius 3 is 2.59 bits per heavy atom. The van der Waals surface area contributed by atoms with Crippen molar-refractivity contribution in [3.8, 4) is 5.75 Å². The fourth-order valence-electron chi connectivity index (χ4n) is 2.15. The standard InChI is InChI=1S/C14H22N2O/c1-11-8-12(2)13(3)14(9-11)17-10-16-6-4-15-5-7-16/h8-9,15H,4-7,10H2,1-3H3. The average molecular weight is 234 g/mol. The van der Waals surface area contributed by atoms with E-state index in [2.05, 4.69) is 43.1 Å². The van der Waals surface area contributed by atoms with E-state index in [0.29, 0.717) is 6.73 Å². The van der Waals surface area contributed by atoms with Gasteiger partial charge in [-0.25, -0.2) is 0 Å². The quantitative estimate of drug-likeness (QED) is 0.864. The average Bonchev–Trinajstić information content (AvgIpc) is 2.33. The van der Waals surface area contributed by atoms with Gasteiger partial charge in [0.25, 0.3) is 0 Å². The van der Waals surface area contributed by atoms with E-state index in [1.807, 2.05) is 0 Å². The molecule has 1 fully saturated rings. The number of aryl methyl sites for hydroxylation is 2. The van der Waals surface area contributed by atoms with Crippen LogP contribution in [0.3, 0.4) is 0 Å². The van der Waals surface area contributed by atoms with Gasteiger partial charge in [-0.05, 0) is 43.5 Å². The van der Waals surface area contributed by atoms with Crippen LogP contribution in [-0.4, -0.2) is 37.8 Å². The van der Waals surface area contributed by atoms with Crippen LogP contribution >= 0.6 is 0 Å². The lowest BCUT2D eigenvalue weighted by molar-refractivity contribution is 0.112. The van der Waals surface area contributed by atoms with Gasteiger partial charge in [-0.3, -0.25) is 4.90 Å². The van der Waals surface area contributed by atoms with Crippen LogP contribution in [0.4, 0.5) is 0 Å². The number of ether oxygens (including phenoxy) is 1. The molecule has 0 spiro atoms. The van der Waals surface area contributed by atoms with Crippen molar-refractivity contribution in [3.63, 3.8) is 0 Å². The van der Waals surface area contributed by atoms with E-state index in [9.17, 15) is 0 Å². The normalized spacial score (nSPS) is 17.1. The van der Waals surface area contributed by atoms with E-state index in [1.54, 1.807) is 0 Å². The lowest BCUT2D eigenvalue weighted by atomic mass is 10.1. The summed E-state index contributed by atoms with van der Waals surface area (Å²) in [5.41, 5.74) is 3.83. The largest absolute Gasteiger partial charge is 0.478 e. The van der Waals surface area contributed by atoms with Gasteiger partial charge in [0.05, 0.1) is 0 Å². The van der Waals surface area contributed by atoms with Crippen LogP contribution < -0.4 is 10.1 Å². The zero-order chi connectivity index (χ0) is 12.3. The molecule has 1 aromatic carbocycles. The van der Waals surface area contributed by atoms with Crippen molar-refractivity contribution in [1.29, 1.82) is 0 Å². The van der Waals surface area contributed by atoms with Crippen LogP contribution in [0, 0.1) is 20.8 Å². The molecule has 1 N–H and O–H groups in total. The van der Waals surface area contributed by atoms with Crippen LogP contribution in [0.5, 0.6) is 5.75 Å². The molecule has 1 saturated heterocycles. The fraction of sp³-hybridized carbons (Fsp3) is 0.571. The molecule has 0 bridgehead atoms. The number of rotatable bonds is 3. The van der Waals surface area contributed by atoms with E-state index in [-0.39, 0.29) is 0 Å². The highest BCUT2D eigenvalue weighted by Crippen LogP contribution is 2.23. The number of hydrogen-bond donors (Lipinski definition) is 1. The summed E-state index contributed by atoms with van der Waals surface area (Å²) >= 11 is 0. The van der Waals surface area contributed by atoms with Crippen LogP contribution in [0.1, 0.15) is 16.7 Å². The second-order valence-electron chi connectivity index (χ2n) is 4.85. The molecular weight excluding hydrogens is 212 g/mol. The number of hydrogen-bond acceptors (Lipinski definition) is 3. The number of piperazine rings is 1. The lowest BCUT2D eigenvalue weighted by Crippen LogP contribution is -2.44. The molecule has 3 nitrogen and oxygen atoms in total. The number of nitrogens with one attached hydrogen (secondary N) is 1. The molecule has 1 aliphatic heterocycles. The summed E-state index contributed by atoms with van der Waals surface area (Å²) in [6, 6.07) is 4.33. The molecule has 17 heavy (non-hydrogen) atoms. The summed E-state index contributed by atoms with van der Waals surface area (Å²) in [6.07, 6.45) is 0. The molecule has 0 radical (unpaired) electrons. The molecule has 3 heteroatoms. The second kappa shape index (κ2) is 5.52. The van der Waals surface area contributed by atoms with Gasteiger partial charge in [-0.2, -0.15) is 0 Å². The van der Waals surface area contributed by atoms with Gasteiger partial charge < -0.3 is 10.1 Å². The predicted molar refractivity (Wildman–Crippen MR) is 70.6 cm³/mol. The van der Waals surface area contributed by atoms with Crippen LogP contribution in [-0.2, 0) is 0 Å². The molecule has 0 saturated carbocycles. The van der Waals surface area contributed by atoms with Crippen molar-refractivity contribution in [2.45, 2.75) is 20.8 Å². The third-order valence-corrected chi connectivity index (χ3v) is 3.38. The molecule has 0 aromatic heterocycles. The zero-order valence-electron chi connectivity index (χ0n) is 11.0. The van der Waals surface area contributed by atoms with Crippen molar-refractivity contribution >= 4 is 0 Å². The van der Waals surface area contributed by atoms with Crippen molar-refractivity contribution in [3.05, 3.63) is 28.8 Å². The Morgan fingerprint density at radius 2 is 1.88 bits per heavy atom. The Bertz CT molecular complexity index is 384. The minimum absolute atomic E-state index is 0.700. The van der Waals surface area contributed by atoms with Crippen molar-refractivity contribution in [2.75, 3.05) is 32.9 Å². The van der Waals surface area contributed by atoms with Gasteiger partial charge in [0.1, 0.15) is 12.5 Å². The highest BCUT2D eigenvalue weighted by molar-refractivity contribution is 5.41. The molecule has 0 unspecified atom stereocenters. The zero-order valence-corrected chi connectivity index (χ0v) is 11.0. The maximum Gasteiger partial charge on any atom is 0.142 e. The van der Waals surface area contributed by atoms with Crippen LogP contribution in [0.25, 0.3) is 0 Å². The maximum atomic E-state index is 5.94. The van der Waals surface area contributed by atoms with Crippen LogP contribution in [0.15, 0.2) is 12.1 Å². The highest BCUT2D eigenvalue weighted by atomic mass is 16.5. The molecule has 0 aliphatic carbocycles. The molecule has 1 aromatic rings. The summed E-state index contributed by atoms with van der Waals surface area (Å²) < 4.78 is 5.94. The smallest absolute Gasteiger partial charge is 0.142 e. The molecular formula is C14H22N2O. The van der Waals surface area contributed by atoms with Gasteiger partial charge in [0.15, 0.2) is 0 Å². The second-order valence-corrected chi connectivity index (χ2v) is 4.85. The van der Waals surface area contributed by atoms with Crippen LogP contribution in [0.2, 0.25) is 0 Å². The summed E-state index contributed by atoms with van der Waals surface area (Å²) in [7, 11) is 0. The van der Waals surface area contributed by atoms with Gasteiger partial charge >= 0.3 is 0 Å². The number of benzene rings is 1. The van der Waals surface area contributed by atoms with Crippen molar-refractivity contribution < 1.29 is 4.74 Å². The minimum atomic E-state index is 0.700. The van der Waals surface area contributed by atoms with E-state index >= 15 is 0 Å². The Morgan fingerprint density at radius 1 is 1.18 bits per heavy atom. The molecule has 2 rings (SSSR count). The summed E-state index contributed by atoms with van der Waals surface area (Å²) in [5.74, 6) is 1.03. The molecule has 94 valence electrons.